The molecule has 18 heavy (non-hydrogen) atoms. The summed E-state index contributed by atoms with van der Waals surface area (Å²) in [5.41, 5.74) is 2.75. The minimum atomic E-state index is 0.447. The van der Waals surface area contributed by atoms with Gasteiger partial charge in [0, 0.05) is 11.6 Å². The van der Waals surface area contributed by atoms with Crippen molar-refractivity contribution in [1.29, 1.82) is 0 Å². The molecule has 1 N–H and O–H groups in total. The molecule has 1 aliphatic rings. The molecule has 0 bridgehead atoms. The van der Waals surface area contributed by atoms with Crippen molar-refractivity contribution in [2.75, 3.05) is 13.2 Å². The SMILES string of the molecule is CCCNC(CCC)c1cccc2c1OCCC2. The van der Waals surface area contributed by atoms with E-state index in [4.69, 9.17) is 4.74 Å². The lowest BCUT2D eigenvalue weighted by Crippen LogP contribution is -2.23. The van der Waals surface area contributed by atoms with E-state index in [0.29, 0.717) is 6.04 Å². The topological polar surface area (TPSA) is 21.3 Å². The molecule has 1 aliphatic heterocycles. The van der Waals surface area contributed by atoms with E-state index in [2.05, 4.69) is 37.4 Å². The van der Waals surface area contributed by atoms with E-state index in [9.17, 15) is 0 Å². The monoisotopic (exact) mass is 247 g/mol. The van der Waals surface area contributed by atoms with Crippen LogP contribution in [0.3, 0.4) is 0 Å². The number of ether oxygens (including phenoxy) is 1. The fourth-order valence-electron chi connectivity index (χ4n) is 2.66. The summed E-state index contributed by atoms with van der Waals surface area (Å²) < 4.78 is 5.92. The molecule has 2 heteroatoms. The summed E-state index contributed by atoms with van der Waals surface area (Å²) in [6.07, 6.45) is 5.87. The van der Waals surface area contributed by atoms with Crippen LogP contribution in [0.1, 0.15) is 56.7 Å². The number of rotatable bonds is 6. The quantitative estimate of drug-likeness (QED) is 0.824. The minimum absolute atomic E-state index is 0.447. The van der Waals surface area contributed by atoms with Crippen molar-refractivity contribution in [3.8, 4) is 5.75 Å². The summed E-state index contributed by atoms with van der Waals surface area (Å²) in [4.78, 5) is 0. The van der Waals surface area contributed by atoms with Gasteiger partial charge in [0.05, 0.1) is 6.61 Å². The highest BCUT2D eigenvalue weighted by molar-refractivity contribution is 5.44. The van der Waals surface area contributed by atoms with E-state index < -0.39 is 0 Å². The predicted molar refractivity (Wildman–Crippen MR) is 76.2 cm³/mol. The lowest BCUT2D eigenvalue weighted by molar-refractivity contribution is 0.280. The molecule has 0 spiro atoms. The van der Waals surface area contributed by atoms with Crippen molar-refractivity contribution in [1.82, 2.24) is 5.32 Å². The first kappa shape index (κ1) is 13.4. The zero-order valence-corrected chi connectivity index (χ0v) is 11.7. The molecule has 1 atom stereocenters. The molecule has 1 heterocycles. The van der Waals surface area contributed by atoms with Crippen LogP contribution in [-0.4, -0.2) is 13.2 Å². The van der Waals surface area contributed by atoms with Crippen LogP contribution in [0.15, 0.2) is 18.2 Å². The van der Waals surface area contributed by atoms with Gasteiger partial charge in [-0.15, -0.1) is 0 Å². The van der Waals surface area contributed by atoms with Gasteiger partial charge in [-0.05, 0) is 37.8 Å². The maximum atomic E-state index is 5.92. The summed E-state index contributed by atoms with van der Waals surface area (Å²) >= 11 is 0. The predicted octanol–water partition coefficient (Wildman–Crippen LogP) is 3.85. The van der Waals surface area contributed by atoms with Crippen molar-refractivity contribution in [3.05, 3.63) is 29.3 Å². The second-order valence-electron chi connectivity index (χ2n) is 5.08. The lowest BCUT2D eigenvalue weighted by atomic mass is 9.95. The Balaban J connectivity index is 2.22. The Morgan fingerprint density at radius 1 is 1.28 bits per heavy atom. The Morgan fingerprint density at radius 3 is 2.94 bits per heavy atom. The average molecular weight is 247 g/mol. The Bertz CT molecular complexity index is 375. The molecular weight excluding hydrogens is 222 g/mol. The number of hydrogen-bond acceptors (Lipinski definition) is 2. The molecule has 1 aromatic rings. The maximum Gasteiger partial charge on any atom is 0.127 e. The number of nitrogens with one attached hydrogen (secondary N) is 1. The summed E-state index contributed by atoms with van der Waals surface area (Å²) in [6.45, 7) is 6.41. The van der Waals surface area contributed by atoms with Crippen LogP contribution < -0.4 is 10.1 Å². The third kappa shape index (κ3) is 3.05. The van der Waals surface area contributed by atoms with Crippen molar-refractivity contribution in [3.63, 3.8) is 0 Å². The van der Waals surface area contributed by atoms with Crippen LogP contribution in [0.5, 0.6) is 5.75 Å². The zero-order valence-electron chi connectivity index (χ0n) is 11.7. The van der Waals surface area contributed by atoms with E-state index in [1.54, 1.807) is 0 Å². The van der Waals surface area contributed by atoms with Gasteiger partial charge in [0.2, 0.25) is 0 Å². The molecule has 2 rings (SSSR count). The minimum Gasteiger partial charge on any atom is -0.493 e. The number of fused-ring (bicyclic) bond motifs is 1. The van der Waals surface area contributed by atoms with Crippen molar-refractivity contribution < 1.29 is 4.74 Å². The van der Waals surface area contributed by atoms with Gasteiger partial charge in [-0.25, -0.2) is 0 Å². The molecule has 0 aromatic heterocycles. The maximum absolute atomic E-state index is 5.92. The third-order valence-electron chi connectivity index (χ3n) is 3.56. The van der Waals surface area contributed by atoms with Gasteiger partial charge in [0.15, 0.2) is 0 Å². The second kappa shape index (κ2) is 6.79. The van der Waals surface area contributed by atoms with Crippen molar-refractivity contribution in [2.24, 2.45) is 0 Å². The highest BCUT2D eigenvalue weighted by Gasteiger charge is 2.19. The van der Waals surface area contributed by atoms with Gasteiger partial charge >= 0.3 is 0 Å². The van der Waals surface area contributed by atoms with Crippen LogP contribution in [0.25, 0.3) is 0 Å². The van der Waals surface area contributed by atoms with E-state index in [1.165, 1.54) is 30.4 Å². The summed E-state index contributed by atoms with van der Waals surface area (Å²) in [7, 11) is 0. The Labute approximate surface area is 111 Å². The molecule has 0 fully saturated rings. The Hall–Kier alpha value is -1.02. The molecule has 0 radical (unpaired) electrons. The normalized spacial score (nSPS) is 15.9. The van der Waals surface area contributed by atoms with Gasteiger partial charge < -0.3 is 10.1 Å². The highest BCUT2D eigenvalue weighted by Crippen LogP contribution is 2.34. The third-order valence-corrected chi connectivity index (χ3v) is 3.56. The molecule has 2 nitrogen and oxygen atoms in total. The number of para-hydroxylation sites is 1. The zero-order chi connectivity index (χ0) is 12.8. The molecule has 0 saturated carbocycles. The lowest BCUT2D eigenvalue weighted by Gasteiger charge is -2.25. The van der Waals surface area contributed by atoms with E-state index in [-0.39, 0.29) is 0 Å². The Kier molecular flexibility index (Phi) is 5.06. The average Bonchev–Trinajstić information content (AvgIpc) is 2.43. The molecular formula is C16H25NO. The van der Waals surface area contributed by atoms with E-state index >= 15 is 0 Å². The standard InChI is InChI=1S/C16H25NO/c1-3-7-15(17-11-4-2)14-10-5-8-13-9-6-12-18-16(13)14/h5,8,10,15,17H,3-4,6-7,9,11-12H2,1-2H3. The fraction of sp³-hybridized carbons (Fsp3) is 0.625. The van der Waals surface area contributed by atoms with Gasteiger partial charge in [0.1, 0.15) is 5.75 Å². The fourth-order valence-corrected chi connectivity index (χ4v) is 2.66. The highest BCUT2D eigenvalue weighted by atomic mass is 16.5. The molecule has 0 saturated heterocycles. The van der Waals surface area contributed by atoms with Crippen molar-refractivity contribution in [2.45, 2.75) is 52.0 Å². The number of benzene rings is 1. The molecule has 1 aromatic carbocycles. The van der Waals surface area contributed by atoms with E-state index in [1.807, 2.05) is 0 Å². The largest absolute Gasteiger partial charge is 0.493 e. The van der Waals surface area contributed by atoms with Gasteiger partial charge in [0.25, 0.3) is 0 Å². The summed E-state index contributed by atoms with van der Waals surface area (Å²) in [5.74, 6) is 1.16. The van der Waals surface area contributed by atoms with Gasteiger partial charge in [-0.2, -0.15) is 0 Å². The van der Waals surface area contributed by atoms with Crippen LogP contribution >= 0.6 is 0 Å². The Morgan fingerprint density at radius 2 is 2.17 bits per heavy atom. The first-order chi connectivity index (χ1) is 8.86. The van der Waals surface area contributed by atoms with Crippen LogP contribution in [0.2, 0.25) is 0 Å². The first-order valence-corrected chi connectivity index (χ1v) is 7.34. The van der Waals surface area contributed by atoms with Crippen LogP contribution in [0.4, 0.5) is 0 Å². The number of hydrogen-bond donors (Lipinski definition) is 1. The van der Waals surface area contributed by atoms with E-state index in [0.717, 1.165) is 31.7 Å². The first-order valence-electron chi connectivity index (χ1n) is 7.34. The van der Waals surface area contributed by atoms with Crippen LogP contribution in [0, 0.1) is 0 Å². The second-order valence-corrected chi connectivity index (χ2v) is 5.08. The summed E-state index contributed by atoms with van der Waals surface area (Å²) in [6, 6.07) is 7.07. The van der Waals surface area contributed by atoms with Gasteiger partial charge in [-0.3, -0.25) is 0 Å². The van der Waals surface area contributed by atoms with Crippen molar-refractivity contribution >= 4 is 0 Å². The number of aryl methyl sites for hydroxylation is 1. The summed E-state index contributed by atoms with van der Waals surface area (Å²) in [5, 5.41) is 3.66. The van der Waals surface area contributed by atoms with Crippen LogP contribution in [-0.2, 0) is 6.42 Å². The molecule has 0 amide bonds. The van der Waals surface area contributed by atoms with Gasteiger partial charge in [-0.1, -0.05) is 38.5 Å². The molecule has 0 aliphatic carbocycles. The molecule has 1 unspecified atom stereocenters. The molecule has 100 valence electrons. The smallest absolute Gasteiger partial charge is 0.127 e.